The summed E-state index contributed by atoms with van der Waals surface area (Å²) < 4.78 is 0. The number of nitrogens with one attached hydrogen (secondary N) is 12. The summed E-state index contributed by atoms with van der Waals surface area (Å²) >= 11 is 0. The van der Waals surface area contributed by atoms with Gasteiger partial charge in [0, 0.05) is 141 Å². The number of amides is 7. The molecular formula is C71H70N14O9. The monoisotopic (exact) mass is 1260 g/mol. The number of aliphatic carboxylic acids is 1. The number of aromatic amines is 6. The van der Waals surface area contributed by atoms with Crippen LogP contribution in [0, 0.1) is 0 Å². The highest BCUT2D eigenvalue weighted by atomic mass is 16.4. The predicted octanol–water partition coefficient (Wildman–Crippen LogP) is 5.92. The van der Waals surface area contributed by atoms with Crippen LogP contribution in [0.3, 0.4) is 0 Å². The zero-order valence-electron chi connectivity index (χ0n) is 50.9. The van der Waals surface area contributed by atoms with E-state index < -0.39 is 102 Å². The van der Waals surface area contributed by atoms with Crippen molar-refractivity contribution < 1.29 is 43.5 Å². The number of para-hydroxylation sites is 6. The number of benzene rings is 6. The third-order valence-electron chi connectivity index (χ3n) is 17.4. The van der Waals surface area contributed by atoms with E-state index in [2.05, 4.69) is 61.8 Å². The first-order valence-corrected chi connectivity index (χ1v) is 31.0. The van der Waals surface area contributed by atoms with Crippen molar-refractivity contribution in [2.75, 3.05) is 0 Å². The molecule has 7 atom stereocenters. The molecule has 0 fully saturated rings. The fourth-order valence-electron chi connectivity index (χ4n) is 12.5. The number of carboxylic acid groups (broad SMARTS) is 1. The maximum atomic E-state index is 15.5. The van der Waals surface area contributed by atoms with Crippen LogP contribution in [0.2, 0.25) is 0 Å². The van der Waals surface area contributed by atoms with Gasteiger partial charge in [-0.1, -0.05) is 109 Å². The molecule has 0 aliphatic heterocycles. The number of carboxylic acids is 1. The Balaban J connectivity index is 0.845. The molecule has 0 saturated carbocycles. The lowest BCUT2D eigenvalue weighted by atomic mass is 9.99. The molecule has 23 heteroatoms. The minimum absolute atomic E-state index is 0.00401. The van der Waals surface area contributed by atoms with E-state index in [4.69, 9.17) is 11.5 Å². The molecule has 17 N–H and O–H groups in total. The van der Waals surface area contributed by atoms with E-state index in [1.807, 2.05) is 146 Å². The van der Waals surface area contributed by atoms with Crippen molar-refractivity contribution in [1.82, 2.24) is 61.8 Å². The Kier molecular flexibility index (Phi) is 18.5. The van der Waals surface area contributed by atoms with Crippen molar-refractivity contribution in [2.24, 2.45) is 11.5 Å². The van der Waals surface area contributed by atoms with Gasteiger partial charge in [0.2, 0.25) is 41.4 Å². The van der Waals surface area contributed by atoms with Crippen molar-refractivity contribution in [3.63, 3.8) is 0 Å². The van der Waals surface area contributed by atoms with Gasteiger partial charge in [-0.05, 0) is 82.6 Å². The van der Waals surface area contributed by atoms with E-state index in [0.29, 0.717) is 33.2 Å². The van der Waals surface area contributed by atoms with Gasteiger partial charge in [0.15, 0.2) is 0 Å². The number of hydrogen-bond acceptors (Lipinski definition) is 9. The molecule has 6 heterocycles. The predicted molar refractivity (Wildman–Crippen MR) is 358 cm³/mol. The molecule has 94 heavy (non-hydrogen) atoms. The van der Waals surface area contributed by atoms with Crippen LogP contribution in [0.15, 0.2) is 183 Å². The molecule has 0 spiro atoms. The highest BCUT2D eigenvalue weighted by Crippen LogP contribution is 2.26. The highest BCUT2D eigenvalue weighted by Gasteiger charge is 2.36. The Morgan fingerprint density at radius 1 is 0.319 bits per heavy atom. The second kappa shape index (κ2) is 27.8. The van der Waals surface area contributed by atoms with Gasteiger partial charge >= 0.3 is 5.97 Å². The molecule has 0 bridgehead atoms. The molecule has 0 aliphatic carbocycles. The SMILES string of the molecule is NC(=O)[C@H](Cc1c[nH]c2ccccc12)NC(=O)[C@H](Cc1c[nH]c2ccccc12)NC(=O)[C@H](CCC(=O)O)NC(=O)[C@H](Cc1c[nH]c2ccccc12)NC(=O)[C@H](Cc1c[nH]c2ccccc12)NC(=O)[C@H](Cc1c[nH]c2ccccc12)NC(=O)[C@@H](N)Cc1c[nH]c2ccccc12. The third-order valence-corrected chi connectivity index (χ3v) is 17.4. The lowest BCUT2D eigenvalue weighted by molar-refractivity contribution is -0.138. The van der Waals surface area contributed by atoms with E-state index in [1.54, 1.807) is 37.2 Å². The summed E-state index contributed by atoms with van der Waals surface area (Å²) in [4.78, 5) is 135. The molecule has 7 amide bonds. The summed E-state index contributed by atoms with van der Waals surface area (Å²) in [5, 5.41) is 31.8. The van der Waals surface area contributed by atoms with E-state index in [-0.39, 0.29) is 38.5 Å². The highest BCUT2D eigenvalue weighted by molar-refractivity contribution is 6.00. The average Bonchev–Trinajstić information content (AvgIpc) is 1.69. The van der Waals surface area contributed by atoms with Gasteiger partial charge in [0.05, 0.1) is 6.04 Å². The zero-order chi connectivity index (χ0) is 65.4. The number of hydrogen-bond donors (Lipinski definition) is 15. The lowest BCUT2D eigenvalue weighted by Crippen LogP contribution is -2.61. The van der Waals surface area contributed by atoms with Gasteiger partial charge in [0.1, 0.15) is 36.3 Å². The van der Waals surface area contributed by atoms with E-state index >= 15 is 14.4 Å². The second-order valence-corrected chi connectivity index (χ2v) is 23.7. The number of nitrogens with two attached hydrogens (primary N) is 2. The molecular weight excluding hydrogens is 1190 g/mol. The summed E-state index contributed by atoms with van der Waals surface area (Å²) in [5.41, 5.74) is 21.3. The molecule has 6 aromatic carbocycles. The van der Waals surface area contributed by atoms with Crippen molar-refractivity contribution >= 4 is 113 Å². The van der Waals surface area contributed by atoms with Gasteiger partial charge in [-0.3, -0.25) is 38.4 Å². The van der Waals surface area contributed by atoms with Crippen LogP contribution in [0.25, 0.3) is 65.4 Å². The Labute approximate surface area is 537 Å². The number of rotatable bonds is 28. The first-order valence-electron chi connectivity index (χ1n) is 31.0. The molecule has 0 unspecified atom stereocenters. The molecule has 23 nitrogen and oxygen atoms in total. The van der Waals surface area contributed by atoms with Gasteiger partial charge in [-0.15, -0.1) is 0 Å². The zero-order valence-corrected chi connectivity index (χ0v) is 50.9. The van der Waals surface area contributed by atoms with Gasteiger partial charge in [-0.2, -0.15) is 0 Å². The quantitative estimate of drug-likeness (QED) is 0.0275. The number of H-pyrrole nitrogens is 6. The van der Waals surface area contributed by atoms with Crippen LogP contribution in [0.5, 0.6) is 0 Å². The molecule has 0 radical (unpaired) electrons. The average molecular weight is 1260 g/mol. The molecule has 12 rings (SSSR count). The number of aromatic nitrogens is 6. The van der Waals surface area contributed by atoms with Crippen LogP contribution >= 0.6 is 0 Å². The smallest absolute Gasteiger partial charge is 0.303 e. The van der Waals surface area contributed by atoms with Crippen LogP contribution in [-0.2, 0) is 76.9 Å². The van der Waals surface area contributed by atoms with Crippen molar-refractivity contribution in [3.05, 3.63) is 216 Å². The maximum absolute atomic E-state index is 15.5. The first-order chi connectivity index (χ1) is 45.6. The summed E-state index contributed by atoms with van der Waals surface area (Å²) in [6, 6.07) is 34.8. The normalized spacial score (nSPS) is 13.8. The Morgan fingerprint density at radius 3 is 0.819 bits per heavy atom. The standard InChI is InChI=1S/C71H70N14O9/c72-51(27-39-33-74-52-19-7-1-13-45(39)52)66(89)82-60(29-41-35-76-54-21-9-3-15-47(41)54)70(93)85-63(32-44-38-79-57-24-12-6-18-50(44)57)71(94)84-61(30-42-36-77-55-22-10-4-16-48(42)55)68(91)80-58(25-26-64(86)87)67(90)83-62(31-43-37-78-56-23-11-5-17-49(43)56)69(92)81-59(65(73)88)28-40-34-75-53-20-8-2-14-46(40)53/h1-24,33-38,51,58-63,74-79H,25-32,72H2,(H2,73,88)(H,80,91)(H,81,92)(H,82,89)(H,83,90)(H,84,94)(H,85,93)(H,86,87)/t51-,58-,59-,60-,61-,62-,63-/m0/s1. The minimum Gasteiger partial charge on any atom is -0.481 e. The van der Waals surface area contributed by atoms with Gasteiger partial charge < -0.3 is 78.4 Å². The van der Waals surface area contributed by atoms with Crippen LogP contribution < -0.4 is 43.4 Å². The van der Waals surface area contributed by atoms with Crippen molar-refractivity contribution in [2.45, 2.75) is 93.7 Å². The third kappa shape index (κ3) is 14.1. The van der Waals surface area contributed by atoms with E-state index in [9.17, 15) is 29.1 Å². The van der Waals surface area contributed by atoms with E-state index in [1.165, 1.54) is 0 Å². The van der Waals surface area contributed by atoms with Crippen LogP contribution in [0.1, 0.15) is 46.2 Å². The lowest BCUT2D eigenvalue weighted by Gasteiger charge is -2.28. The first kappa shape index (κ1) is 62.5. The number of carbonyl (C=O) groups is 8. The maximum Gasteiger partial charge on any atom is 0.303 e. The number of carbonyl (C=O) groups excluding carboxylic acids is 7. The molecule has 478 valence electrons. The largest absolute Gasteiger partial charge is 0.481 e. The molecule has 0 saturated heterocycles. The fraction of sp³-hybridized carbons (Fsp3) is 0.211. The number of primary amides is 1. The van der Waals surface area contributed by atoms with Gasteiger partial charge in [-0.25, -0.2) is 0 Å². The second-order valence-electron chi connectivity index (χ2n) is 23.7. The molecule has 12 aromatic rings. The summed E-state index contributed by atoms with van der Waals surface area (Å²) in [7, 11) is 0. The summed E-state index contributed by atoms with van der Waals surface area (Å²) in [6.45, 7) is 0. The minimum atomic E-state index is -1.64. The molecule has 0 aliphatic rings. The van der Waals surface area contributed by atoms with E-state index in [0.717, 1.165) is 65.6 Å². The van der Waals surface area contributed by atoms with Crippen molar-refractivity contribution in [1.29, 1.82) is 0 Å². The Morgan fingerprint density at radius 2 is 0.543 bits per heavy atom. The summed E-state index contributed by atoms with van der Waals surface area (Å²) in [5.74, 6) is -7.00. The van der Waals surface area contributed by atoms with Crippen molar-refractivity contribution in [3.8, 4) is 0 Å². The molecule has 6 aromatic heterocycles. The van der Waals surface area contributed by atoms with Gasteiger partial charge in [0.25, 0.3) is 0 Å². The Hall–Kier alpha value is -11.7. The summed E-state index contributed by atoms with van der Waals surface area (Å²) in [6.07, 6.45) is 8.92. The van der Waals surface area contributed by atoms with Crippen LogP contribution in [-0.4, -0.2) is 125 Å². The fourth-order valence-corrected chi connectivity index (χ4v) is 12.5. The number of fused-ring (bicyclic) bond motifs is 6. The topological polar surface area (TPSA) is 376 Å². The van der Waals surface area contributed by atoms with Crippen LogP contribution in [0.4, 0.5) is 0 Å². The Bertz CT molecular complexity index is 4800.